The van der Waals surface area contributed by atoms with Crippen molar-refractivity contribution in [3.8, 4) is 0 Å². The Bertz CT molecular complexity index is 1920. The van der Waals surface area contributed by atoms with Crippen LogP contribution in [0.5, 0.6) is 0 Å². The maximum absolute atomic E-state index is 14.6. The maximum Gasteiger partial charge on any atom is 0.430 e. The average molecular weight is 733 g/mol. The van der Waals surface area contributed by atoms with Gasteiger partial charge in [-0.15, -0.1) is 0 Å². The molecule has 0 bridgehead atoms. The van der Waals surface area contributed by atoms with Gasteiger partial charge in [0, 0.05) is 30.0 Å². The normalized spacial score (nSPS) is 19.4. The highest BCUT2D eigenvalue weighted by molar-refractivity contribution is 7.92. The van der Waals surface area contributed by atoms with Crippen molar-refractivity contribution < 1.29 is 57.4 Å². The van der Waals surface area contributed by atoms with Crippen molar-refractivity contribution in [2.75, 3.05) is 13.2 Å². The summed E-state index contributed by atoms with van der Waals surface area (Å²) in [7, 11) is -4.50. The van der Waals surface area contributed by atoms with Crippen molar-refractivity contribution in [3.63, 3.8) is 0 Å². The van der Waals surface area contributed by atoms with E-state index >= 15 is 0 Å². The first-order chi connectivity index (χ1) is 23.5. The molecule has 0 spiro atoms. The molecule has 2 heterocycles. The van der Waals surface area contributed by atoms with Crippen LogP contribution in [0.3, 0.4) is 0 Å². The molecule has 268 valence electrons. The number of ether oxygens (including phenoxy) is 2. The van der Waals surface area contributed by atoms with Gasteiger partial charge in [0.25, 0.3) is 5.60 Å². The third-order valence-corrected chi connectivity index (χ3v) is 12.0. The number of alkyl halides is 6. The largest absolute Gasteiger partial charge is 0.430 e. The molecule has 6 rings (SSSR count). The van der Waals surface area contributed by atoms with Gasteiger partial charge in [-0.1, -0.05) is 30.3 Å². The molecular formula is C34H29F9N2O4S. The van der Waals surface area contributed by atoms with E-state index in [9.17, 15) is 47.9 Å². The van der Waals surface area contributed by atoms with Crippen molar-refractivity contribution in [2.45, 2.75) is 72.3 Å². The minimum absolute atomic E-state index is 0.0105. The number of fused-ring (bicyclic) bond motifs is 1. The molecule has 0 N–H and O–H groups in total. The summed E-state index contributed by atoms with van der Waals surface area (Å²) in [6.45, 7) is -0.725. The number of hydrogen-bond donors (Lipinski definition) is 0. The highest BCUT2D eigenvalue weighted by Gasteiger charge is 2.73. The standard InChI is InChI=1S/C34H29F9N2O4S/c35-24-8-10-26(11-9-24)50(46,47)31(15-12-30-21(18-31)19-44-45(30)25-13-16-48-17-14-25)22-4-6-23(7-5-22)32(33(38,39)40,34(41,42)43)49-20-27-28(36)2-1-3-29(27)37/h1-11,19,25H,12-18,20H2. The lowest BCUT2D eigenvalue weighted by Gasteiger charge is -2.39. The second kappa shape index (κ2) is 13.0. The second-order valence-corrected chi connectivity index (χ2v) is 14.5. The van der Waals surface area contributed by atoms with E-state index in [1.54, 1.807) is 0 Å². The number of halogens is 9. The van der Waals surface area contributed by atoms with Gasteiger partial charge in [-0.3, -0.25) is 4.68 Å². The highest BCUT2D eigenvalue weighted by Crippen LogP contribution is 2.54. The zero-order valence-electron chi connectivity index (χ0n) is 26.0. The summed E-state index contributed by atoms with van der Waals surface area (Å²) < 4.78 is 168. The Morgan fingerprint density at radius 3 is 2.04 bits per heavy atom. The molecule has 1 aliphatic carbocycles. The van der Waals surface area contributed by atoms with Crippen LogP contribution in [-0.2, 0) is 49.1 Å². The van der Waals surface area contributed by atoms with E-state index in [-0.39, 0.29) is 35.8 Å². The fourth-order valence-corrected chi connectivity index (χ4v) is 8.98. The predicted octanol–water partition coefficient (Wildman–Crippen LogP) is 8.05. The Kier molecular flexibility index (Phi) is 9.35. The van der Waals surface area contributed by atoms with Crippen LogP contribution in [0.15, 0.2) is 77.8 Å². The summed E-state index contributed by atoms with van der Waals surface area (Å²) in [5.41, 5.74) is -6.55. The Labute approximate surface area is 280 Å². The quantitative estimate of drug-likeness (QED) is 0.136. The molecule has 1 unspecified atom stereocenters. The summed E-state index contributed by atoms with van der Waals surface area (Å²) in [5.74, 6) is -3.55. The molecule has 0 radical (unpaired) electrons. The molecule has 3 aromatic carbocycles. The lowest BCUT2D eigenvalue weighted by molar-refractivity contribution is -0.392. The Balaban J connectivity index is 1.46. The molecule has 50 heavy (non-hydrogen) atoms. The van der Waals surface area contributed by atoms with Crippen molar-refractivity contribution in [1.82, 2.24) is 9.78 Å². The second-order valence-electron chi connectivity index (χ2n) is 12.3. The monoisotopic (exact) mass is 732 g/mol. The van der Waals surface area contributed by atoms with Gasteiger partial charge < -0.3 is 9.47 Å². The molecule has 16 heteroatoms. The smallest absolute Gasteiger partial charge is 0.381 e. The van der Waals surface area contributed by atoms with Gasteiger partial charge in [0.2, 0.25) is 0 Å². The van der Waals surface area contributed by atoms with Crippen molar-refractivity contribution >= 4 is 9.84 Å². The van der Waals surface area contributed by atoms with Crippen LogP contribution in [-0.4, -0.2) is 43.8 Å². The topological polar surface area (TPSA) is 70.4 Å². The van der Waals surface area contributed by atoms with Gasteiger partial charge in [-0.2, -0.15) is 31.4 Å². The van der Waals surface area contributed by atoms with E-state index in [1.807, 2.05) is 4.68 Å². The van der Waals surface area contributed by atoms with Crippen LogP contribution in [0.25, 0.3) is 0 Å². The Morgan fingerprint density at radius 2 is 1.46 bits per heavy atom. The number of hydrogen-bond acceptors (Lipinski definition) is 5. The van der Waals surface area contributed by atoms with Gasteiger partial charge in [-0.05, 0) is 79.6 Å². The lowest BCUT2D eigenvalue weighted by Crippen LogP contribution is -2.56. The summed E-state index contributed by atoms with van der Waals surface area (Å²) in [6.07, 6.45) is -9.78. The molecule has 4 aromatic rings. The van der Waals surface area contributed by atoms with Gasteiger partial charge in [0.05, 0.1) is 23.7 Å². The molecule has 1 saturated heterocycles. The van der Waals surface area contributed by atoms with Crippen molar-refractivity contribution in [3.05, 3.63) is 118 Å². The van der Waals surface area contributed by atoms with Crippen LogP contribution in [0.4, 0.5) is 39.5 Å². The van der Waals surface area contributed by atoms with E-state index in [4.69, 9.17) is 4.74 Å². The fraction of sp³-hybridized carbons (Fsp3) is 0.382. The van der Waals surface area contributed by atoms with E-state index in [0.717, 1.165) is 48.2 Å². The van der Waals surface area contributed by atoms with E-state index in [2.05, 4.69) is 9.84 Å². The highest BCUT2D eigenvalue weighted by atomic mass is 32.2. The van der Waals surface area contributed by atoms with E-state index in [1.165, 1.54) is 6.20 Å². The SMILES string of the molecule is O=S(=O)(c1ccc(F)cc1)C1(c2ccc(C(OCc3c(F)cccc3F)(C(F)(F)F)C(F)(F)F)cc2)CCc2c(cnn2C2CCOCC2)C1. The molecule has 1 aromatic heterocycles. The number of sulfone groups is 1. The minimum Gasteiger partial charge on any atom is -0.381 e. The molecule has 1 aliphatic heterocycles. The van der Waals surface area contributed by atoms with Crippen molar-refractivity contribution in [1.29, 1.82) is 0 Å². The third-order valence-electron chi connectivity index (χ3n) is 9.51. The van der Waals surface area contributed by atoms with Gasteiger partial charge in [0.15, 0.2) is 9.84 Å². The molecule has 1 atom stereocenters. The van der Waals surface area contributed by atoms with Crippen LogP contribution < -0.4 is 0 Å². The summed E-state index contributed by atoms with van der Waals surface area (Å²) in [4.78, 5) is -0.307. The number of benzene rings is 3. The maximum atomic E-state index is 14.6. The van der Waals surface area contributed by atoms with E-state index < -0.39 is 67.7 Å². The first kappa shape index (κ1) is 35.9. The zero-order valence-corrected chi connectivity index (χ0v) is 26.8. The van der Waals surface area contributed by atoms with Crippen LogP contribution in [0, 0.1) is 17.5 Å². The molecular weight excluding hydrogens is 703 g/mol. The zero-order chi connectivity index (χ0) is 36.1. The third kappa shape index (κ3) is 5.98. The Morgan fingerprint density at radius 1 is 0.860 bits per heavy atom. The van der Waals surface area contributed by atoms with Crippen LogP contribution >= 0.6 is 0 Å². The minimum atomic E-state index is -6.19. The van der Waals surface area contributed by atoms with Crippen LogP contribution in [0.2, 0.25) is 0 Å². The number of rotatable bonds is 8. The summed E-state index contributed by atoms with van der Waals surface area (Å²) >= 11 is 0. The lowest BCUT2D eigenvalue weighted by atomic mass is 9.80. The molecule has 0 saturated carbocycles. The van der Waals surface area contributed by atoms with Gasteiger partial charge >= 0.3 is 12.4 Å². The fourth-order valence-electron chi connectivity index (χ4n) is 6.87. The van der Waals surface area contributed by atoms with Gasteiger partial charge in [-0.25, -0.2) is 21.6 Å². The first-order valence-corrected chi connectivity index (χ1v) is 16.9. The summed E-state index contributed by atoms with van der Waals surface area (Å²) in [5, 5.41) is 4.50. The summed E-state index contributed by atoms with van der Waals surface area (Å²) in [6, 6.07) is 8.73. The number of nitrogens with zero attached hydrogens (tertiary/aromatic N) is 2. The Hall–Kier alpha value is -3.89. The molecule has 6 nitrogen and oxygen atoms in total. The predicted molar refractivity (Wildman–Crippen MR) is 160 cm³/mol. The van der Waals surface area contributed by atoms with Crippen molar-refractivity contribution in [2.24, 2.45) is 0 Å². The van der Waals surface area contributed by atoms with Gasteiger partial charge in [0.1, 0.15) is 22.2 Å². The molecule has 2 aliphatic rings. The first-order valence-electron chi connectivity index (χ1n) is 15.5. The molecule has 0 amide bonds. The average Bonchev–Trinajstić information content (AvgIpc) is 3.49. The van der Waals surface area contributed by atoms with E-state index in [0.29, 0.717) is 55.9 Å². The molecule has 1 fully saturated rings. The van der Waals surface area contributed by atoms with Crippen LogP contribution in [0.1, 0.15) is 53.3 Å². The number of aromatic nitrogens is 2.